The maximum atomic E-state index is 13.5. The van der Waals surface area contributed by atoms with Crippen LogP contribution >= 0.6 is 0 Å². The fraction of sp³-hybridized carbons (Fsp3) is 0.316. The molecule has 1 aliphatic rings. The van der Waals surface area contributed by atoms with Gasteiger partial charge in [-0.15, -0.1) is 0 Å². The summed E-state index contributed by atoms with van der Waals surface area (Å²) in [6.07, 6.45) is 0. The number of rotatable bonds is 3. The van der Waals surface area contributed by atoms with Crippen molar-refractivity contribution < 1.29 is 30.8 Å². The number of nitrogens with zero attached hydrogens (tertiary/aromatic N) is 2. The molecule has 0 N–H and O–H groups in total. The summed E-state index contributed by atoms with van der Waals surface area (Å²) in [5.41, 5.74) is -4.28. The summed E-state index contributed by atoms with van der Waals surface area (Å²) < 4.78 is 76.3. The Morgan fingerprint density at radius 2 is 1.55 bits per heavy atom. The van der Waals surface area contributed by atoms with Gasteiger partial charge in [-0.05, 0) is 37.3 Å². The highest BCUT2D eigenvalue weighted by Gasteiger charge is 2.48. The number of anilines is 1. The normalized spacial score (nSPS) is 15.5. The van der Waals surface area contributed by atoms with Gasteiger partial charge in [0.05, 0.1) is 5.69 Å². The molecule has 2 aromatic rings. The quantitative estimate of drug-likeness (QED) is 0.701. The minimum atomic E-state index is -5.72. The number of amides is 1. The van der Waals surface area contributed by atoms with E-state index in [1.54, 1.807) is 29.2 Å². The third-order valence-electron chi connectivity index (χ3n) is 4.72. The first-order valence-corrected chi connectivity index (χ1v) is 10.2. The van der Waals surface area contributed by atoms with E-state index in [0.717, 1.165) is 17.7 Å². The molecule has 5 nitrogen and oxygen atoms in total. The molecular formula is C19H18F4N2O3S. The Morgan fingerprint density at radius 3 is 2.10 bits per heavy atom. The fourth-order valence-electron chi connectivity index (χ4n) is 3.12. The van der Waals surface area contributed by atoms with Crippen LogP contribution in [-0.2, 0) is 9.84 Å². The van der Waals surface area contributed by atoms with Crippen LogP contribution in [0.4, 0.5) is 23.2 Å². The van der Waals surface area contributed by atoms with Crippen molar-refractivity contribution in [2.75, 3.05) is 31.1 Å². The van der Waals surface area contributed by atoms with Crippen molar-refractivity contribution >= 4 is 21.4 Å². The molecule has 0 spiro atoms. The highest BCUT2D eigenvalue weighted by atomic mass is 32.2. The average molecular weight is 430 g/mol. The molecule has 0 bridgehead atoms. The molecule has 0 saturated carbocycles. The van der Waals surface area contributed by atoms with E-state index in [-0.39, 0.29) is 37.8 Å². The van der Waals surface area contributed by atoms with Crippen LogP contribution in [0, 0.1) is 12.7 Å². The first kappa shape index (κ1) is 21.1. The molecule has 156 valence electrons. The van der Waals surface area contributed by atoms with Gasteiger partial charge in [-0.3, -0.25) is 4.79 Å². The van der Waals surface area contributed by atoms with E-state index < -0.39 is 26.1 Å². The van der Waals surface area contributed by atoms with Crippen LogP contribution in [0.15, 0.2) is 47.4 Å². The summed E-state index contributed by atoms with van der Waals surface area (Å²) in [6.45, 7) is 2.50. The Balaban J connectivity index is 1.81. The third-order valence-corrected chi connectivity index (χ3v) is 6.24. The molecule has 1 aliphatic heterocycles. The van der Waals surface area contributed by atoms with E-state index in [1.807, 2.05) is 6.92 Å². The van der Waals surface area contributed by atoms with Crippen molar-refractivity contribution in [2.45, 2.75) is 17.3 Å². The maximum Gasteiger partial charge on any atom is 0.501 e. The summed E-state index contributed by atoms with van der Waals surface area (Å²) in [4.78, 5) is 14.4. The third kappa shape index (κ3) is 4.21. The summed E-state index contributed by atoms with van der Waals surface area (Å²) >= 11 is 0. The molecule has 10 heteroatoms. The predicted octanol–water partition coefficient (Wildman–Crippen LogP) is 3.39. The van der Waals surface area contributed by atoms with Crippen molar-refractivity contribution in [1.29, 1.82) is 0 Å². The number of carbonyl (C=O) groups is 1. The van der Waals surface area contributed by atoms with E-state index in [1.165, 1.54) is 4.90 Å². The second kappa shape index (κ2) is 7.66. The Hall–Kier alpha value is -2.62. The monoisotopic (exact) mass is 430 g/mol. The molecule has 2 aromatic carbocycles. The molecule has 1 heterocycles. The van der Waals surface area contributed by atoms with Crippen LogP contribution in [0.1, 0.15) is 15.9 Å². The molecule has 1 fully saturated rings. The zero-order valence-electron chi connectivity index (χ0n) is 15.4. The van der Waals surface area contributed by atoms with Crippen molar-refractivity contribution in [3.05, 3.63) is 59.4 Å². The lowest BCUT2D eigenvalue weighted by Crippen LogP contribution is -2.49. The van der Waals surface area contributed by atoms with E-state index in [9.17, 15) is 30.8 Å². The molecule has 0 atom stereocenters. The number of hydrogen-bond donors (Lipinski definition) is 0. The number of piperazine rings is 1. The first-order chi connectivity index (χ1) is 13.5. The van der Waals surface area contributed by atoms with Gasteiger partial charge in [0, 0.05) is 31.7 Å². The molecule has 0 aromatic heterocycles. The SMILES string of the molecule is Cc1ccc(C(=O)N2CCN(c3ccc(F)cc3S(=O)(=O)C(F)(F)F)CC2)cc1. The standard InChI is InChI=1S/C19H18F4N2O3S/c1-13-2-4-14(5-3-13)18(26)25-10-8-24(9-11-25)16-7-6-15(20)12-17(16)29(27,28)19(21,22)23/h2-7,12H,8-11H2,1H3. The minimum Gasteiger partial charge on any atom is -0.367 e. The topological polar surface area (TPSA) is 57.7 Å². The lowest BCUT2D eigenvalue weighted by Gasteiger charge is -2.37. The van der Waals surface area contributed by atoms with E-state index in [4.69, 9.17) is 0 Å². The highest BCUT2D eigenvalue weighted by molar-refractivity contribution is 7.92. The van der Waals surface area contributed by atoms with Gasteiger partial charge in [-0.1, -0.05) is 17.7 Å². The molecule has 0 radical (unpaired) electrons. The van der Waals surface area contributed by atoms with Crippen molar-refractivity contribution in [3.8, 4) is 0 Å². The summed E-state index contributed by atoms with van der Waals surface area (Å²) in [5, 5.41) is 0. The Morgan fingerprint density at radius 1 is 0.966 bits per heavy atom. The van der Waals surface area contributed by atoms with Crippen LogP contribution in [0.3, 0.4) is 0 Å². The van der Waals surface area contributed by atoms with E-state index in [0.29, 0.717) is 11.6 Å². The summed E-state index contributed by atoms with van der Waals surface area (Å²) in [5.74, 6) is -1.29. The number of carbonyl (C=O) groups excluding carboxylic acids is 1. The minimum absolute atomic E-state index is 0.115. The number of benzene rings is 2. The smallest absolute Gasteiger partial charge is 0.367 e. The van der Waals surface area contributed by atoms with Gasteiger partial charge in [0.1, 0.15) is 10.7 Å². The molecule has 29 heavy (non-hydrogen) atoms. The van der Waals surface area contributed by atoms with Gasteiger partial charge in [-0.25, -0.2) is 12.8 Å². The Labute approximate surface area is 165 Å². The fourth-order valence-corrected chi connectivity index (χ4v) is 4.11. The van der Waals surface area contributed by atoms with Gasteiger partial charge in [0.2, 0.25) is 0 Å². The van der Waals surface area contributed by atoms with Crippen LogP contribution in [0.25, 0.3) is 0 Å². The number of hydrogen-bond acceptors (Lipinski definition) is 4. The van der Waals surface area contributed by atoms with Crippen molar-refractivity contribution in [1.82, 2.24) is 4.90 Å². The van der Waals surface area contributed by atoms with Crippen molar-refractivity contribution in [3.63, 3.8) is 0 Å². The van der Waals surface area contributed by atoms with Gasteiger partial charge < -0.3 is 9.80 Å². The van der Waals surface area contributed by atoms with Gasteiger partial charge >= 0.3 is 5.51 Å². The lowest BCUT2D eigenvalue weighted by molar-refractivity contribution is -0.0435. The van der Waals surface area contributed by atoms with E-state index in [2.05, 4.69) is 0 Å². The molecular weight excluding hydrogens is 412 g/mol. The Kier molecular flexibility index (Phi) is 5.57. The number of sulfone groups is 1. The number of aryl methyl sites for hydroxylation is 1. The second-order valence-corrected chi connectivity index (χ2v) is 8.62. The zero-order chi connectivity index (χ0) is 21.4. The van der Waals surface area contributed by atoms with E-state index >= 15 is 0 Å². The van der Waals surface area contributed by atoms with Crippen LogP contribution in [0.5, 0.6) is 0 Å². The number of alkyl halides is 3. The molecule has 0 aliphatic carbocycles. The number of halogens is 4. The zero-order valence-corrected chi connectivity index (χ0v) is 16.2. The largest absolute Gasteiger partial charge is 0.501 e. The van der Waals surface area contributed by atoms with Gasteiger partial charge in [0.15, 0.2) is 0 Å². The highest BCUT2D eigenvalue weighted by Crippen LogP contribution is 2.36. The molecule has 1 saturated heterocycles. The Bertz CT molecular complexity index is 1010. The van der Waals surface area contributed by atoms with Gasteiger partial charge in [-0.2, -0.15) is 13.2 Å². The predicted molar refractivity (Wildman–Crippen MR) is 98.9 cm³/mol. The van der Waals surface area contributed by atoms with Crippen molar-refractivity contribution in [2.24, 2.45) is 0 Å². The maximum absolute atomic E-state index is 13.5. The first-order valence-electron chi connectivity index (χ1n) is 8.72. The van der Waals surface area contributed by atoms with Crippen LogP contribution < -0.4 is 4.90 Å². The van der Waals surface area contributed by atoms with Crippen LogP contribution in [-0.4, -0.2) is 50.9 Å². The van der Waals surface area contributed by atoms with Crippen LogP contribution in [0.2, 0.25) is 0 Å². The van der Waals surface area contributed by atoms with Gasteiger partial charge in [0.25, 0.3) is 15.7 Å². The molecule has 3 rings (SSSR count). The molecule has 0 unspecified atom stereocenters. The second-order valence-electron chi connectivity index (χ2n) is 6.71. The average Bonchev–Trinajstić information content (AvgIpc) is 2.67. The summed E-state index contributed by atoms with van der Waals surface area (Å²) in [7, 11) is -5.72. The molecule has 1 amide bonds. The lowest BCUT2D eigenvalue weighted by atomic mass is 10.1. The summed E-state index contributed by atoms with van der Waals surface area (Å²) in [6, 6.07) is 9.30.